The molecule has 0 fully saturated rings. The first-order chi connectivity index (χ1) is 6.20. The van der Waals surface area contributed by atoms with Gasteiger partial charge in [-0.05, 0) is 12.1 Å². The number of aromatic hydroxyl groups is 1. The van der Waals surface area contributed by atoms with Crippen molar-refractivity contribution in [3.05, 3.63) is 28.8 Å². The summed E-state index contributed by atoms with van der Waals surface area (Å²) in [6.45, 7) is 0. The molecule has 0 bridgehead atoms. The minimum Gasteiger partial charge on any atom is -0.502 e. The Hall–Kier alpha value is -1.55. The Labute approximate surface area is 79.4 Å². The predicted molar refractivity (Wildman–Crippen MR) is 53.1 cm³/mol. The SMILES string of the molecule is Nc1oc2ccccc2c(=S)c1O. The highest BCUT2D eigenvalue weighted by Gasteiger charge is 2.05. The van der Waals surface area contributed by atoms with Crippen LogP contribution in [0.1, 0.15) is 0 Å². The van der Waals surface area contributed by atoms with Crippen LogP contribution in [0, 0.1) is 4.51 Å². The van der Waals surface area contributed by atoms with Gasteiger partial charge in [-0.2, -0.15) is 0 Å². The van der Waals surface area contributed by atoms with Crippen LogP contribution in [0.25, 0.3) is 11.0 Å². The Bertz CT molecular complexity index is 518. The lowest BCUT2D eigenvalue weighted by Crippen LogP contribution is -1.86. The molecule has 0 aliphatic carbocycles. The molecule has 0 saturated heterocycles. The van der Waals surface area contributed by atoms with Crippen LogP contribution in [0.15, 0.2) is 28.7 Å². The lowest BCUT2D eigenvalue weighted by molar-refractivity contribution is 0.454. The average molecular weight is 193 g/mol. The highest BCUT2D eigenvalue weighted by atomic mass is 32.1. The molecule has 0 saturated carbocycles. The van der Waals surface area contributed by atoms with Gasteiger partial charge in [-0.25, -0.2) is 0 Å². The molecule has 0 aliphatic rings. The third-order valence-corrected chi connectivity index (χ3v) is 2.21. The van der Waals surface area contributed by atoms with Crippen LogP contribution in [-0.4, -0.2) is 5.11 Å². The smallest absolute Gasteiger partial charge is 0.234 e. The molecule has 66 valence electrons. The van der Waals surface area contributed by atoms with Crippen molar-refractivity contribution in [2.24, 2.45) is 0 Å². The summed E-state index contributed by atoms with van der Waals surface area (Å²) in [5.41, 5.74) is 5.99. The molecule has 1 aromatic heterocycles. The van der Waals surface area contributed by atoms with E-state index in [-0.39, 0.29) is 11.6 Å². The summed E-state index contributed by atoms with van der Waals surface area (Å²) in [6.07, 6.45) is 0. The lowest BCUT2D eigenvalue weighted by Gasteiger charge is -2.01. The quantitative estimate of drug-likeness (QED) is 0.631. The number of rotatable bonds is 0. The zero-order valence-electron chi connectivity index (χ0n) is 6.65. The molecule has 2 rings (SSSR count). The third-order valence-electron chi connectivity index (χ3n) is 1.80. The highest BCUT2D eigenvalue weighted by molar-refractivity contribution is 7.71. The standard InChI is InChI=1S/C9H7NO2S/c10-9-7(11)8(13)5-3-1-2-4-6(5)12-9/h1-4,11H,10H2. The van der Waals surface area contributed by atoms with E-state index in [4.69, 9.17) is 22.4 Å². The van der Waals surface area contributed by atoms with Crippen molar-refractivity contribution < 1.29 is 9.52 Å². The third kappa shape index (κ3) is 1.15. The van der Waals surface area contributed by atoms with Gasteiger partial charge >= 0.3 is 0 Å². The molecule has 0 spiro atoms. The Balaban J connectivity index is 3.03. The normalized spacial score (nSPS) is 10.5. The largest absolute Gasteiger partial charge is 0.502 e. The topological polar surface area (TPSA) is 59.4 Å². The number of fused-ring (bicyclic) bond motifs is 1. The molecule has 0 radical (unpaired) electrons. The van der Waals surface area contributed by atoms with Gasteiger partial charge in [0.2, 0.25) is 5.88 Å². The van der Waals surface area contributed by atoms with E-state index in [0.717, 1.165) is 0 Å². The molecule has 1 heterocycles. The second kappa shape index (κ2) is 2.74. The van der Waals surface area contributed by atoms with Gasteiger partial charge in [-0.3, -0.25) is 0 Å². The van der Waals surface area contributed by atoms with Gasteiger partial charge in [-0.1, -0.05) is 24.4 Å². The fourth-order valence-electron chi connectivity index (χ4n) is 1.15. The summed E-state index contributed by atoms with van der Waals surface area (Å²) in [6, 6.07) is 7.17. The first-order valence-corrected chi connectivity index (χ1v) is 4.11. The zero-order valence-corrected chi connectivity index (χ0v) is 7.47. The minimum atomic E-state index is -0.159. The van der Waals surface area contributed by atoms with Gasteiger partial charge in [0, 0.05) is 5.39 Å². The fourth-order valence-corrected chi connectivity index (χ4v) is 1.42. The Morgan fingerprint density at radius 2 is 2.00 bits per heavy atom. The number of para-hydroxylation sites is 1. The van der Waals surface area contributed by atoms with E-state index in [1.807, 2.05) is 12.1 Å². The van der Waals surface area contributed by atoms with Crippen molar-refractivity contribution in [1.29, 1.82) is 0 Å². The second-order valence-corrected chi connectivity index (χ2v) is 3.05. The number of anilines is 1. The number of hydrogen-bond acceptors (Lipinski definition) is 4. The average Bonchev–Trinajstić information content (AvgIpc) is 2.15. The van der Waals surface area contributed by atoms with Gasteiger partial charge in [0.1, 0.15) is 5.58 Å². The van der Waals surface area contributed by atoms with E-state index in [1.165, 1.54) is 0 Å². The first kappa shape index (κ1) is 8.07. The summed E-state index contributed by atoms with van der Waals surface area (Å²) >= 11 is 4.99. The number of benzene rings is 1. The van der Waals surface area contributed by atoms with Crippen molar-refractivity contribution in [2.75, 3.05) is 5.73 Å². The number of nitrogen functional groups attached to an aromatic ring is 1. The first-order valence-electron chi connectivity index (χ1n) is 3.70. The summed E-state index contributed by atoms with van der Waals surface area (Å²) in [4.78, 5) is 0. The molecule has 0 aliphatic heterocycles. The Morgan fingerprint density at radius 1 is 1.31 bits per heavy atom. The maximum absolute atomic E-state index is 9.38. The fraction of sp³-hybridized carbons (Fsp3) is 0. The lowest BCUT2D eigenvalue weighted by atomic mass is 10.2. The monoisotopic (exact) mass is 193 g/mol. The van der Waals surface area contributed by atoms with Crippen molar-refractivity contribution in [3.63, 3.8) is 0 Å². The minimum absolute atomic E-state index is 0.0382. The van der Waals surface area contributed by atoms with Gasteiger partial charge in [-0.15, -0.1) is 0 Å². The molecular weight excluding hydrogens is 186 g/mol. The van der Waals surface area contributed by atoms with Gasteiger partial charge in [0.15, 0.2) is 5.75 Å². The van der Waals surface area contributed by atoms with Crippen LogP contribution < -0.4 is 5.73 Å². The van der Waals surface area contributed by atoms with Crippen LogP contribution in [-0.2, 0) is 0 Å². The van der Waals surface area contributed by atoms with Gasteiger partial charge < -0.3 is 15.3 Å². The van der Waals surface area contributed by atoms with Crippen LogP contribution in [0.5, 0.6) is 5.75 Å². The van der Waals surface area contributed by atoms with Crippen molar-refractivity contribution >= 4 is 29.1 Å². The van der Waals surface area contributed by atoms with E-state index >= 15 is 0 Å². The van der Waals surface area contributed by atoms with Crippen LogP contribution in [0.2, 0.25) is 0 Å². The van der Waals surface area contributed by atoms with Crippen molar-refractivity contribution in [3.8, 4) is 5.75 Å². The van der Waals surface area contributed by atoms with Crippen molar-refractivity contribution in [1.82, 2.24) is 0 Å². The second-order valence-electron chi connectivity index (χ2n) is 2.64. The zero-order chi connectivity index (χ0) is 9.42. The maximum Gasteiger partial charge on any atom is 0.234 e. The van der Waals surface area contributed by atoms with E-state index < -0.39 is 0 Å². The molecule has 0 amide bonds. The number of hydrogen-bond donors (Lipinski definition) is 2. The van der Waals surface area contributed by atoms with Crippen molar-refractivity contribution in [2.45, 2.75) is 0 Å². The molecule has 2 aromatic rings. The Morgan fingerprint density at radius 3 is 2.77 bits per heavy atom. The van der Waals surface area contributed by atoms with Crippen LogP contribution in [0.3, 0.4) is 0 Å². The van der Waals surface area contributed by atoms with E-state index in [1.54, 1.807) is 12.1 Å². The Kier molecular flexibility index (Phi) is 1.70. The summed E-state index contributed by atoms with van der Waals surface area (Å²) < 4.78 is 5.47. The summed E-state index contributed by atoms with van der Waals surface area (Å²) in [5, 5.41) is 10.1. The summed E-state index contributed by atoms with van der Waals surface area (Å²) in [5.74, 6) is -0.197. The highest BCUT2D eigenvalue weighted by Crippen LogP contribution is 2.28. The molecular formula is C9H7NO2S. The van der Waals surface area contributed by atoms with E-state index in [2.05, 4.69) is 0 Å². The molecule has 3 N–H and O–H groups in total. The molecule has 13 heavy (non-hydrogen) atoms. The summed E-state index contributed by atoms with van der Waals surface area (Å²) in [7, 11) is 0. The predicted octanol–water partition coefficient (Wildman–Crippen LogP) is 2.45. The van der Waals surface area contributed by atoms with Crippen LogP contribution in [0.4, 0.5) is 5.88 Å². The molecule has 1 aromatic carbocycles. The van der Waals surface area contributed by atoms with Gasteiger partial charge in [0.25, 0.3) is 0 Å². The number of nitrogens with two attached hydrogens (primary N) is 1. The maximum atomic E-state index is 9.38. The molecule has 0 unspecified atom stereocenters. The molecule has 0 atom stereocenters. The van der Waals surface area contributed by atoms with Crippen LogP contribution >= 0.6 is 12.2 Å². The van der Waals surface area contributed by atoms with E-state index in [9.17, 15) is 5.11 Å². The van der Waals surface area contributed by atoms with E-state index in [0.29, 0.717) is 15.5 Å². The molecule has 3 nitrogen and oxygen atoms in total. The molecule has 4 heteroatoms. The van der Waals surface area contributed by atoms with Gasteiger partial charge in [0.05, 0.1) is 4.51 Å².